The second-order valence-electron chi connectivity index (χ2n) is 4.62. The van der Waals surface area contributed by atoms with Gasteiger partial charge in [0.05, 0.1) is 4.88 Å². The van der Waals surface area contributed by atoms with Crippen molar-refractivity contribution in [3.63, 3.8) is 0 Å². The number of nitrogens with zero attached hydrogens (tertiary/aromatic N) is 1. The molecule has 3 heteroatoms. The second kappa shape index (κ2) is 3.17. The van der Waals surface area contributed by atoms with E-state index in [1.807, 2.05) is 12.1 Å². The van der Waals surface area contributed by atoms with Gasteiger partial charge in [0.15, 0.2) is 0 Å². The third-order valence-corrected chi connectivity index (χ3v) is 3.74. The Labute approximate surface area is 88.5 Å². The Hall–Kier alpha value is -0.670. The molecule has 2 rings (SSSR count). The van der Waals surface area contributed by atoms with Crippen molar-refractivity contribution in [2.45, 2.75) is 32.3 Å². The third-order valence-electron chi connectivity index (χ3n) is 2.83. The molecule has 0 spiro atoms. The first-order valence-corrected chi connectivity index (χ1v) is 5.63. The van der Waals surface area contributed by atoms with Crippen LogP contribution in [-0.4, -0.2) is 9.48 Å². The Kier molecular flexibility index (Phi) is 2.24. The summed E-state index contributed by atoms with van der Waals surface area (Å²) in [5, 5.41) is 10.3. The van der Waals surface area contributed by atoms with E-state index in [2.05, 4.69) is 24.3 Å². The molecule has 1 aromatic rings. The molecule has 1 heterocycles. The topological polar surface area (TPSA) is 33.1 Å². The first kappa shape index (κ1) is 9.87. The van der Waals surface area contributed by atoms with Gasteiger partial charge in [0.1, 0.15) is 5.60 Å². The highest BCUT2D eigenvalue weighted by molar-refractivity contribution is 7.05. The molecule has 76 valence electrons. The van der Waals surface area contributed by atoms with E-state index in [0.717, 1.165) is 17.7 Å². The molecule has 1 atom stereocenters. The Morgan fingerprint density at radius 3 is 2.64 bits per heavy atom. The van der Waals surface area contributed by atoms with Crippen LogP contribution >= 0.6 is 11.5 Å². The SMILES string of the molecule is CC1(C)C=CC(O)(c2ccns2)CC1. The van der Waals surface area contributed by atoms with E-state index in [9.17, 15) is 5.11 Å². The minimum Gasteiger partial charge on any atom is -0.380 e. The fraction of sp³-hybridized carbons (Fsp3) is 0.545. The predicted molar refractivity (Wildman–Crippen MR) is 58.2 cm³/mol. The first-order valence-electron chi connectivity index (χ1n) is 4.86. The summed E-state index contributed by atoms with van der Waals surface area (Å²) >= 11 is 1.38. The van der Waals surface area contributed by atoms with Gasteiger partial charge in [0.2, 0.25) is 0 Å². The van der Waals surface area contributed by atoms with Crippen LogP contribution in [0, 0.1) is 5.41 Å². The largest absolute Gasteiger partial charge is 0.380 e. The maximum atomic E-state index is 10.3. The van der Waals surface area contributed by atoms with Gasteiger partial charge >= 0.3 is 0 Å². The highest BCUT2D eigenvalue weighted by Crippen LogP contribution is 2.40. The van der Waals surface area contributed by atoms with Crippen LogP contribution in [0.1, 0.15) is 31.6 Å². The highest BCUT2D eigenvalue weighted by Gasteiger charge is 2.34. The van der Waals surface area contributed by atoms with Crippen LogP contribution in [0.5, 0.6) is 0 Å². The average molecular weight is 209 g/mol. The Morgan fingerprint density at radius 2 is 2.14 bits per heavy atom. The minimum atomic E-state index is -0.767. The fourth-order valence-corrected chi connectivity index (χ4v) is 2.37. The number of allylic oxidation sites excluding steroid dienone is 1. The van der Waals surface area contributed by atoms with E-state index in [4.69, 9.17) is 0 Å². The predicted octanol–water partition coefficient (Wildman–Crippen LogP) is 2.71. The van der Waals surface area contributed by atoms with Crippen LogP contribution in [0.25, 0.3) is 0 Å². The maximum absolute atomic E-state index is 10.3. The van der Waals surface area contributed by atoms with Gasteiger partial charge in [0.25, 0.3) is 0 Å². The molecule has 0 bridgehead atoms. The summed E-state index contributed by atoms with van der Waals surface area (Å²) in [6, 6.07) is 1.90. The molecule has 0 amide bonds. The van der Waals surface area contributed by atoms with Crippen molar-refractivity contribution in [3.8, 4) is 0 Å². The van der Waals surface area contributed by atoms with Crippen LogP contribution in [0.15, 0.2) is 24.4 Å². The lowest BCUT2D eigenvalue weighted by molar-refractivity contribution is 0.0616. The van der Waals surface area contributed by atoms with Crippen LogP contribution < -0.4 is 0 Å². The molecule has 1 aromatic heterocycles. The average Bonchev–Trinajstić information content (AvgIpc) is 2.64. The number of rotatable bonds is 1. The molecule has 0 saturated carbocycles. The van der Waals surface area contributed by atoms with Gasteiger partial charge in [-0.2, -0.15) is 0 Å². The van der Waals surface area contributed by atoms with E-state index >= 15 is 0 Å². The van der Waals surface area contributed by atoms with Crippen molar-refractivity contribution >= 4 is 11.5 Å². The maximum Gasteiger partial charge on any atom is 0.118 e. The van der Waals surface area contributed by atoms with Crippen LogP contribution in [0.4, 0.5) is 0 Å². The van der Waals surface area contributed by atoms with E-state index in [0.29, 0.717) is 0 Å². The summed E-state index contributed by atoms with van der Waals surface area (Å²) in [5.41, 5.74) is -0.548. The molecule has 1 N–H and O–H groups in total. The summed E-state index contributed by atoms with van der Waals surface area (Å²) < 4.78 is 4.03. The van der Waals surface area contributed by atoms with Crippen molar-refractivity contribution < 1.29 is 5.11 Å². The van der Waals surface area contributed by atoms with Gasteiger partial charge in [-0.1, -0.05) is 26.0 Å². The van der Waals surface area contributed by atoms with Gasteiger partial charge in [-0.05, 0) is 35.9 Å². The fourth-order valence-electron chi connectivity index (χ4n) is 1.69. The van der Waals surface area contributed by atoms with Crippen LogP contribution in [0.3, 0.4) is 0 Å². The van der Waals surface area contributed by atoms with Crippen molar-refractivity contribution in [1.82, 2.24) is 4.37 Å². The monoisotopic (exact) mass is 209 g/mol. The molecule has 1 aliphatic rings. The first-order chi connectivity index (χ1) is 6.52. The van der Waals surface area contributed by atoms with Gasteiger partial charge in [-0.15, -0.1) is 0 Å². The van der Waals surface area contributed by atoms with Gasteiger partial charge in [0, 0.05) is 6.20 Å². The Morgan fingerprint density at radius 1 is 1.36 bits per heavy atom. The summed E-state index contributed by atoms with van der Waals surface area (Å²) in [5.74, 6) is 0. The van der Waals surface area contributed by atoms with E-state index < -0.39 is 5.60 Å². The van der Waals surface area contributed by atoms with Crippen LogP contribution in [-0.2, 0) is 5.60 Å². The zero-order chi connectivity index (χ0) is 10.2. The molecule has 2 nitrogen and oxygen atoms in total. The number of aliphatic hydroxyl groups is 1. The summed E-state index contributed by atoms with van der Waals surface area (Å²) in [6.45, 7) is 4.38. The van der Waals surface area contributed by atoms with Crippen LogP contribution in [0.2, 0.25) is 0 Å². The highest BCUT2D eigenvalue weighted by atomic mass is 32.1. The van der Waals surface area contributed by atoms with E-state index in [1.165, 1.54) is 11.5 Å². The summed E-state index contributed by atoms with van der Waals surface area (Å²) in [6.07, 6.45) is 7.57. The van der Waals surface area contributed by atoms with Gasteiger partial charge in [-0.25, -0.2) is 4.37 Å². The number of hydrogen-bond acceptors (Lipinski definition) is 3. The standard InChI is InChI=1S/C11H15NOS/c1-10(2)4-6-11(13,7-5-10)9-3-8-12-14-9/h3-4,6,8,13H,5,7H2,1-2H3. The van der Waals surface area contributed by atoms with Crippen molar-refractivity contribution in [2.75, 3.05) is 0 Å². The normalized spacial score (nSPS) is 30.5. The Balaban J connectivity index is 2.29. The summed E-state index contributed by atoms with van der Waals surface area (Å²) in [7, 11) is 0. The lowest BCUT2D eigenvalue weighted by atomic mass is 9.76. The third kappa shape index (κ3) is 1.74. The molecule has 0 aliphatic heterocycles. The quantitative estimate of drug-likeness (QED) is 0.721. The number of hydrogen-bond donors (Lipinski definition) is 1. The van der Waals surface area contributed by atoms with Gasteiger partial charge < -0.3 is 5.11 Å². The molecule has 0 saturated heterocycles. The Bertz CT molecular complexity index is 342. The smallest absolute Gasteiger partial charge is 0.118 e. The zero-order valence-corrected chi connectivity index (χ0v) is 9.34. The van der Waals surface area contributed by atoms with Crippen molar-refractivity contribution in [3.05, 3.63) is 29.3 Å². The molecule has 1 aliphatic carbocycles. The molecule has 0 fully saturated rings. The zero-order valence-electron chi connectivity index (χ0n) is 8.53. The van der Waals surface area contributed by atoms with E-state index in [-0.39, 0.29) is 5.41 Å². The van der Waals surface area contributed by atoms with Crippen molar-refractivity contribution in [1.29, 1.82) is 0 Å². The van der Waals surface area contributed by atoms with Gasteiger partial charge in [-0.3, -0.25) is 0 Å². The van der Waals surface area contributed by atoms with E-state index in [1.54, 1.807) is 6.20 Å². The minimum absolute atomic E-state index is 0.219. The second-order valence-corrected chi connectivity index (χ2v) is 5.46. The molecule has 0 radical (unpaired) electrons. The number of aromatic nitrogens is 1. The lowest BCUT2D eigenvalue weighted by Crippen LogP contribution is -2.28. The lowest BCUT2D eigenvalue weighted by Gasteiger charge is -2.33. The summed E-state index contributed by atoms with van der Waals surface area (Å²) in [4.78, 5) is 0.948. The molecule has 0 aromatic carbocycles. The molecular formula is C11H15NOS. The molecular weight excluding hydrogens is 194 g/mol. The molecule has 1 unspecified atom stereocenters. The van der Waals surface area contributed by atoms with Crippen molar-refractivity contribution in [2.24, 2.45) is 5.41 Å². The molecule has 14 heavy (non-hydrogen) atoms.